The maximum atomic E-state index is 12.1. The van der Waals surface area contributed by atoms with Crippen LogP contribution in [0, 0.1) is 0 Å². The minimum Gasteiger partial charge on any atom is -0.476 e. The minimum atomic E-state index is -1.09. The number of likely N-dealkylation sites (tertiary alicyclic amines) is 1. The zero-order valence-corrected chi connectivity index (χ0v) is 10.2. The molecule has 0 aromatic carbocycles. The first kappa shape index (κ1) is 12.0. The summed E-state index contributed by atoms with van der Waals surface area (Å²) in [5.74, 6) is -1.17. The fourth-order valence-electron chi connectivity index (χ4n) is 1.91. The third-order valence-corrected chi connectivity index (χ3v) is 3.61. The molecule has 0 radical (unpaired) electrons. The van der Waals surface area contributed by atoms with Gasteiger partial charge in [0, 0.05) is 13.1 Å². The van der Waals surface area contributed by atoms with Crippen molar-refractivity contribution in [1.82, 2.24) is 9.27 Å². The van der Waals surface area contributed by atoms with E-state index < -0.39 is 5.97 Å². The van der Waals surface area contributed by atoms with Gasteiger partial charge in [-0.25, -0.2) is 4.79 Å². The largest absolute Gasteiger partial charge is 0.476 e. The molecule has 2 heterocycles. The number of carbonyl (C=O) groups is 2. The van der Waals surface area contributed by atoms with Crippen LogP contribution < -0.4 is 0 Å². The molecule has 2 rings (SSSR count). The van der Waals surface area contributed by atoms with E-state index in [2.05, 4.69) is 4.37 Å². The normalized spacial score (nSPS) is 16.6. The molecule has 1 aliphatic heterocycles. The van der Waals surface area contributed by atoms with Crippen LogP contribution in [0.25, 0.3) is 0 Å². The summed E-state index contributed by atoms with van der Waals surface area (Å²) in [7, 11) is 0. The number of carbonyl (C=O) groups excluding carboxylic acids is 1. The molecule has 6 heteroatoms. The van der Waals surface area contributed by atoms with Gasteiger partial charge in [0.2, 0.25) is 0 Å². The number of rotatable bonds is 2. The number of carboxylic acids is 1. The first-order valence-electron chi connectivity index (χ1n) is 5.68. The summed E-state index contributed by atoms with van der Waals surface area (Å²) in [4.78, 5) is 25.0. The van der Waals surface area contributed by atoms with Crippen molar-refractivity contribution in [3.63, 3.8) is 0 Å². The molecule has 0 spiro atoms. The second kappa shape index (κ2) is 5.27. The van der Waals surface area contributed by atoms with Crippen LogP contribution in [0.5, 0.6) is 0 Å². The van der Waals surface area contributed by atoms with Crippen LogP contribution in [0.2, 0.25) is 0 Å². The Morgan fingerprint density at radius 2 is 1.88 bits per heavy atom. The minimum absolute atomic E-state index is 0.0480. The third kappa shape index (κ3) is 2.82. The number of hydrogen-bond acceptors (Lipinski definition) is 4. The lowest BCUT2D eigenvalue weighted by molar-refractivity contribution is 0.0692. The lowest BCUT2D eigenvalue weighted by Gasteiger charge is -2.18. The Morgan fingerprint density at radius 1 is 1.24 bits per heavy atom. The van der Waals surface area contributed by atoms with Crippen molar-refractivity contribution < 1.29 is 14.7 Å². The van der Waals surface area contributed by atoms with E-state index in [9.17, 15) is 9.59 Å². The van der Waals surface area contributed by atoms with Crippen molar-refractivity contribution in [2.24, 2.45) is 0 Å². The summed E-state index contributed by atoms with van der Waals surface area (Å²) in [6, 6.07) is 1.36. The van der Waals surface area contributed by atoms with Gasteiger partial charge >= 0.3 is 5.97 Å². The highest BCUT2D eigenvalue weighted by atomic mass is 32.1. The van der Waals surface area contributed by atoms with E-state index in [1.54, 1.807) is 4.90 Å². The van der Waals surface area contributed by atoms with Crippen LogP contribution in [-0.2, 0) is 0 Å². The molecule has 0 bridgehead atoms. The van der Waals surface area contributed by atoms with Crippen molar-refractivity contribution in [2.75, 3.05) is 13.1 Å². The first-order valence-corrected chi connectivity index (χ1v) is 6.45. The molecule has 1 amide bonds. The molecule has 1 saturated heterocycles. The van der Waals surface area contributed by atoms with Gasteiger partial charge in [0.15, 0.2) is 5.69 Å². The number of aromatic carboxylic acids is 1. The third-order valence-electron chi connectivity index (χ3n) is 2.83. The second-order valence-corrected chi connectivity index (χ2v) is 4.89. The lowest BCUT2D eigenvalue weighted by Crippen LogP contribution is -2.31. The van der Waals surface area contributed by atoms with E-state index in [1.807, 2.05) is 0 Å². The zero-order chi connectivity index (χ0) is 12.3. The molecule has 1 N–H and O–H groups in total. The number of nitrogens with zero attached hydrogens (tertiary/aromatic N) is 2. The van der Waals surface area contributed by atoms with Crippen LogP contribution in [0.15, 0.2) is 6.07 Å². The number of aromatic nitrogens is 1. The van der Waals surface area contributed by atoms with Gasteiger partial charge in [-0.15, -0.1) is 0 Å². The van der Waals surface area contributed by atoms with Crippen LogP contribution in [-0.4, -0.2) is 39.3 Å². The van der Waals surface area contributed by atoms with Gasteiger partial charge in [-0.1, -0.05) is 12.8 Å². The summed E-state index contributed by atoms with van der Waals surface area (Å²) in [5.41, 5.74) is -0.0480. The van der Waals surface area contributed by atoms with Crippen LogP contribution in [0.1, 0.15) is 45.8 Å². The monoisotopic (exact) mass is 254 g/mol. The summed E-state index contributed by atoms with van der Waals surface area (Å²) in [6.07, 6.45) is 4.37. The SMILES string of the molecule is O=C(O)c1cc(C(=O)N2CCCCCC2)sn1. The Hall–Kier alpha value is -1.43. The quantitative estimate of drug-likeness (QED) is 0.874. The van der Waals surface area contributed by atoms with Crippen molar-refractivity contribution in [1.29, 1.82) is 0 Å². The van der Waals surface area contributed by atoms with Gasteiger partial charge in [0.1, 0.15) is 4.88 Å². The molecule has 1 aliphatic rings. The Morgan fingerprint density at radius 3 is 2.41 bits per heavy atom. The molecular formula is C11H14N2O3S. The maximum absolute atomic E-state index is 12.1. The number of amides is 1. The fourth-order valence-corrected chi connectivity index (χ4v) is 2.61. The highest BCUT2D eigenvalue weighted by Gasteiger charge is 2.20. The standard InChI is InChI=1S/C11H14N2O3S/c14-10(13-5-3-1-2-4-6-13)9-7-8(11(15)16)12-17-9/h7H,1-6H2,(H,15,16). The molecule has 1 aromatic heterocycles. The summed E-state index contributed by atoms with van der Waals surface area (Å²) in [6.45, 7) is 1.53. The van der Waals surface area contributed by atoms with E-state index in [0.717, 1.165) is 50.3 Å². The molecule has 92 valence electrons. The number of carboxylic acid groups (broad SMARTS) is 1. The van der Waals surface area contributed by atoms with Crippen molar-refractivity contribution in [2.45, 2.75) is 25.7 Å². The number of hydrogen-bond donors (Lipinski definition) is 1. The molecule has 0 aliphatic carbocycles. The zero-order valence-electron chi connectivity index (χ0n) is 9.39. The van der Waals surface area contributed by atoms with Gasteiger partial charge in [0.05, 0.1) is 0 Å². The van der Waals surface area contributed by atoms with Crippen molar-refractivity contribution in [3.8, 4) is 0 Å². The highest BCUT2D eigenvalue weighted by Crippen LogP contribution is 2.17. The van der Waals surface area contributed by atoms with E-state index in [4.69, 9.17) is 5.11 Å². The topological polar surface area (TPSA) is 70.5 Å². The smallest absolute Gasteiger partial charge is 0.355 e. The molecule has 1 fully saturated rings. The highest BCUT2D eigenvalue weighted by molar-refractivity contribution is 7.08. The van der Waals surface area contributed by atoms with E-state index >= 15 is 0 Å². The average Bonchev–Trinajstić information content (AvgIpc) is 2.65. The molecular weight excluding hydrogens is 240 g/mol. The lowest BCUT2D eigenvalue weighted by atomic mass is 10.2. The molecule has 0 unspecified atom stereocenters. The van der Waals surface area contributed by atoms with Crippen molar-refractivity contribution >= 4 is 23.4 Å². The summed E-state index contributed by atoms with van der Waals surface area (Å²) < 4.78 is 3.75. The summed E-state index contributed by atoms with van der Waals surface area (Å²) >= 11 is 0.964. The first-order chi connectivity index (χ1) is 8.18. The van der Waals surface area contributed by atoms with Gasteiger partial charge in [-0.2, -0.15) is 4.37 Å². The maximum Gasteiger partial charge on any atom is 0.355 e. The van der Waals surface area contributed by atoms with Gasteiger partial charge in [-0.05, 0) is 30.4 Å². The second-order valence-electron chi connectivity index (χ2n) is 4.09. The van der Waals surface area contributed by atoms with Crippen LogP contribution >= 0.6 is 11.5 Å². The van der Waals surface area contributed by atoms with E-state index in [0.29, 0.717) is 4.88 Å². The van der Waals surface area contributed by atoms with Crippen LogP contribution in [0.4, 0.5) is 0 Å². The Bertz CT molecular complexity index is 422. The van der Waals surface area contributed by atoms with Gasteiger partial charge in [-0.3, -0.25) is 4.79 Å². The van der Waals surface area contributed by atoms with Crippen LogP contribution in [0.3, 0.4) is 0 Å². The van der Waals surface area contributed by atoms with Crippen molar-refractivity contribution in [3.05, 3.63) is 16.6 Å². The Balaban J connectivity index is 2.09. The Kier molecular flexibility index (Phi) is 3.73. The van der Waals surface area contributed by atoms with E-state index in [-0.39, 0.29) is 11.6 Å². The van der Waals surface area contributed by atoms with Gasteiger partial charge in [0.25, 0.3) is 5.91 Å². The fraction of sp³-hybridized carbons (Fsp3) is 0.545. The van der Waals surface area contributed by atoms with E-state index in [1.165, 1.54) is 6.07 Å². The molecule has 17 heavy (non-hydrogen) atoms. The predicted molar refractivity (Wildman–Crippen MR) is 63.4 cm³/mol. The Labute approximate surface area is 103 Å². The van der Waals surface area contributed by atoms with Gasteiger partial charge < -0.3 is 10.0 Å². The average molecular weight is 254 g/mol. The summed E-state index contributed by atoms with van der Waals surface area (Å²) in [5, 5.41) is 8.75. The molecule has 0 saturated carbocycles. The molecule has 5 nitrogen and oxygen atoms in total. The predicted octanol–water partition coefficient (Wildman–Crippen LogP) is 1.86. The molecule has 1 aromatic rings. The molecule has 0 atom stereocenters.